The SMILES string of the molecule is Cc1cnc(NC(=O)CCc2nnc(-c3ccccc3)o2)s1. The molecule has 0 fully saturated rings. The van der Waals surface area contributed by atoms with Crippen molar-refractivity contribution >= 4 is 22.4 Å². The summed E-state index contributed by atoms with van der Waals surface area (Å²) in [7, 11) is 0. The van der Waals surface area contributed by atoms with E-state index in [-0.39, 0.29) is 12.3 Å². The van der Waals surface area contributed by atoms with Gasteiger partial charge in [0.1, 0.15) is 0 Å². The lowest BCUT2D eigenvalue weighted by molar-refractivity contribution is -0.116. The van der Waals surface area contributed by atoms with E-state index in [0.29, 0.717) is 23.3 Å². The van der Waals surface area contributed by atoms with Crippen LogP contribution >= 0.6 is 11.3 Å². The Hall–Kier alpha value is -2.54. The van der Waals surface area contributed by atoms with Crippen molar-refractivity contribution in [1.82, 2.24) is 15.2 Å². The van der Waals surface area contributed by atoms with Gasteiger partial charge in [0.2, 0.25) is 17.7 Å². The second kappa shape index (κ2) is 6.48. The topological polar surface area (TPSA) is 80.9 Å². The van der Waals surface area contributed by atoms with Crippen LogP contribution in [0.2, 0.25) is 0 Å². The van der Waals surface area contributed by atoms with Gasteiger partial charge in [-0.1, -0.05) is 18.2 Å². The van der Waals surface area contributed by atoms with Crippen molar-refractivity contribution in [3.05, 3.63) is 47.3 Å². The number of aryl methyl sites for hydroxylation is 2. The summed E-state index contributed by atoms with van der Waals surface area (Å²) in [5, 5.41) is 11.3. The third-order valence-corrected chi connectivity index (χ3v) is 3.75. The zero-order chi connectivity index (χ0) is 15.4. The quantitative estimate of drug-likeness (QED) is 0.782. The van der Waals surface area contributed by atoms with Crippen LogP contribution in [0, 0.1) is 6.92 Å². The van der Waals surface area contributed by atoms with Gasteiger partial charge < -0.3 is 9.73 Å². The number of carbonyl (C=O) groups excluding carboxylic acids is 1. The van der Waals surface area contributed by atoms with Gasteiger partial charge in [-0.05, 0) is 19.1 Å². The molecular formula is C15H14N4O2S. The van der Waals surface area contributed by atoms with Crippen molar-refractivity contribution in [2.24, 2.45) is 0 Å². The number of rotatable bonds is 5. The van der Waals surface area contributed by atoms with E-state index in [9.17, 15) is 4.79 Å². The molecule has 0 bridgehead atoms. The van der Waals surface area contributed by atoms with Crippen molar-refractivity contribution in [3.63, 3.8) is 0 Å². The second-order valence-corrected chi connectivity index (χ2v) is 5.93. The van der Waals surface area contributed by atoms with Crippen LogP contribution in [0.3, 0.4) is 0 Å². The minimum atomic E-state index is -0.117. The van der Waals surface area contributed by atoms with Crippen molar-refractivity contribution in [2.75, 3.05) is 5.32 Å². The lowest BCUT2D eigenvalue weighted by Gasteiger charge is -1.99. The highest BCUT2D eigenvalue weighted by Crippen LogP contribution is 2.18. The molecule has 0 saturated carbocycles. The first-order valence-electron chi connectivity index (χ1n) is 6.81. The van der Waals surface area contributed by atoms with Gasteiger partial charge in [0, 0.05) is 29.5 Å². The Labute approximate surface area is 131 Å². The molecule has 2 heterocycles. The highest BCUT2D eigenvalue weighted by molar-refractivity contribution is 7.15. The predicted octanol–water partition coefficient (Wildman–Crippen LogP) is 3.07. The monoisotopic (exact) mass is 314 g/mol. The molecular weight excluding hydrogens is 300 g/mol. The van der Waals surface area contributed by atoms with Crippen molar-refractivity contribution in [1.29, 1.82) is 0 Å². The average molecular weight is 314 g/mol. The molecule has 0 saturated heterocycles. The maximum Gasteiger partial charge on any atom is 0.247 e. The van der Waals surface area contributed by atoms with Gasteiger partial charge in [0.15, 0.2) is 5.13 Å². The Morgan fingerprint density at radius 1 is 1.27 bits per heavy atom. The Morgan fingerprint density at radius 2 is 2.09 bits per heavy atom. The van der Waals surface area contributed by atoms with E-state index in [1.807, 2.05) is 37.3 Å². The van der Waals surface area contributed by atoms with Crippen molar-refractivity contribution < 1.29 is 9.21 Å². The zero-order valence-corrected chi connectivity index (χ0v) is 12.8. The smallest absolute Gasteiger partial charge is 0.247 e. The second-order valence-electron chi connectivity index (χ2n) is 4.69. The first-order valence-corrected chi connectivity index (χ1v) is 7.62. The molecule has 1 amide bonds. The van der Waals surface area contributed by atoms with Crippen LogP contribution in [-0.2, 0) is 11.2 Å². The number of hydrogen-bond acceptors (Lipinski definition) is 6. The van der Waals surface area contributed by atoms with Crippen molar-refractivity contribution in [3.8, 4) is 11.5 Å². The molecule has 0 aliphatic heterocycles. The number of thiazole rings is 1. The Morgan fingerprint density at radius 3 is 2.82 bits per heavy atom. The summed E-state index contributed by atoms with van der Waals surface area (Å²) in [6.07, 6.45) is 2.40. The molecule has 1 aromatic carbocycles. The van der Waals surface area contributed by atoms with Crippen LogP contribution in [-0.4, -0.2) is 21.1 Å². The highest BCUT2D eigenvalue weighted by Gasteiger charge is 2.11. The summed E-state index contributed by atoms with van der Waals surface area (Å²) in [6.45, 7) is 1.94. The summed E-state index contributed by atoms with van der Waals surface area (Å²) < 4.78 is 5.56. The first kappa shape index (κ1) is 14.4. The molecule has 22 heavy (non-hydrogen) atoms. The van der Waals surface area contributed by atoms with Crippen molar-refractivity contribution in [2.45, 2.75) is 19.8 Å². The minimum Gasteiger partial charge on any atom is -0.421 e. The van der Waals surface area contributed by atoms with Gasteiger partial charge in [-0.3, -0.25) is 4.79 Å². The van der Waals surface area contributed by atoms with Gasteiger partial charge in [-0.2, -0.15) is 0 Å². The third-order valence-electron chi connectivity index (χ3n) is 2.92. The molecule has 0 unspecified atom stereocenters. The predicted molar refractivity (Wildman–Crippen MR) is 83.5 cm³/mol. The molecule has 0 aliphatic rings. The summed E-state index contributed by atoms with van der Waals surface area (Å²) in [5.41, 5.74) is 0.865. The Balaban J connectivity index is 1.56. The number of hydrogen-bond donors (Lipinski definition) is 1. The number of carbonyl (C=O) groups is 1. The maximum absolute atomic E-state index is 11.8. The van der Waals surface area contributed by atoms with E-state index in [2.05, 4.69) is 20.5 Å². The van der Waals surface area contributed by atoms with Gasteiger partial charge >= 0.3 is 0 Å². The summed E-state index contributed by atoms with van der Waals surface area (Å²) in [6, 6.07) is 9.53. The number of aromatic nitrogens is 3. The molecule has 2 aromatic heterocycles. The lowest BCUT2D eigenvalue weighted by atomic mass is 10.2. The standard InChI is InChI=1S/C15H14N4O2S/c1-10-9-16-15(22-10)17-12(20)7-8-13-18-19-14(21-13)11-5-3-2-4-6-11/h2-6,9H,7-8H2,1H3,(H,16,17,20). The van der Waals surface area contributed by atoms with Crippen LogP contribution in [0.25, 0.3) is 11.5 Å². The first-order chi connectivity index (χ1) is 10.7. The lowest BCUT2D eigenvalue weighted by Crippen LogP contribution is -2.12. The van der Waals surface area contributed by atoms with Crippen LogP contribution < -0.4 is 5.32 Å². The minimum absolute atomic E-state index is 0.117. The van der Waals surface area contributed by atoms with Crippen LogP contribution in [0.4, 0.5) is 5.13 Å². The van der Waals surface area contributed by atoms with Crippen LogP contribution in [0.1, 0.15) is 17.2 Å². The summed E-state index contributed by atoms with van der Waals surface area (Å²) in [4.78, 5) is 17.0. The van der Waals surface area contributed by atoms with Gasteiger partial charge in [-0.15, -0.1) is 21.5 Å². The number of benzene rings is 1. The number of nitrogens with one attached hydrogen (secondary N) is 1. The molecule has 1 N–H and O–H groups in total. The van der Waals surface area contributed by atoms with E-state index < -0.39 is 0 Å². The normalized spacial score (nSPS) is 10.6. The molecule has 0 spiro atoms. The van der Waals surface area contributed by atoms with Crippen LogP contribution in [0.5, 0.6) is 0 Å². The fourth-order valence-electron chi connectivity index (χ4n) is 1.87. The van der Waals surface area contributed by atoms with E-state index in [1.165, 1.54) is 11.3 Å². The number of nitrogens with zero attached hydrogens (tertiary/aromatic N) is 3. The molecule has 3 rings (SSSR count). The van der Waals surface area contributed by atoms with E-state index in [4.69, 9.17) is 4.42 Å². The van der Waals surface area contributed by atoms with E-state index >= 15 is 0 Å². The van der Waals surface area contributed by atoms with E-state index in [0.717, 1.165) is 10.4 Å². The molecule has 0 aliphatic carbocycles. The Kier molecular flexibility index (Phi) is 4.24. The van der Waals surface area contributed by atoms with Gasteiger partial charge in [0.05, 0.1) is 0 Å². The maximum atomic E-state index is 11.8. The largest absolute Gasteiger partial charge is 0.421 e. The number of amides is 1. The third kappa shape index (κ3) is 3.56. The average Bonchev–Trinajstić information content (AvgIpc) is 3.15. The molecule has 6 nitrogen and oxygen atoms in total. The molecule has 112 valence electrons. The Bertz CT molecular complexity index is 767. The molecule has 7 heteroatoms. The number of anilines is 1. The molecule has 0 atom stereocenters. The fourth-order valence-corrected chi connectivity index (χ4v) is 2.55. The highest BCUT2D eigenvalue weighted by atomic mass is 32.1. The molecule has 3 aromatic rings. The molecule has 0 radical (unpaired) electrons. The van der Waals surface area contributed by atoms with Gasteiger partial charge in [0.25, 0.3) is 0 Å². The van der Waals surface area contributed by atoms with Crippen LogP contribution in [0.15, 0.2) is 40.9 Å². The van der Waals surface area contributed by atoms with Gasteiger partial charge in [-0.25, -0.2) is 4.98 Å². The summed E-state index contributed by atoms with van der Waals surface area (Å²) in [5.74, 6) is 0.796. The van der Waals surface area contributed by atoms with E-state index in [1.54, 1.807) is 6.20 Å². The summed E-state index contributed by atoms with van der Waals surface area (Å²) >= 11 is 1.44. The fraction of sp³-hybridized carbons (Fsp3) is 0.200. The zero-order valence-electron chi connectivity index (χ0n) is 11.9.